The van der Waals surface area contributed by atoms with E-state index >= 15 is 0 Å². The van der Waals surface area contributed by atoms with Gasteiger partial charge < -0.3 is 20.1 Å². The summed E-state index contributed by atoms with van der Waals surface area (Å²) in [7, 11) is 1.66. The molecule has 0 saturated carbocycles. The Balaban J connectivity index is 3.10. The summed E-state index contributed by atoms with van der Waals surface area (Å²) in [4.78, 5) is 11.3. The summed E-state index contributed by atoms with van der Waals surface area (Å²) in [5.41, 5.74) is 0. The Bertz CT molecular complexity index is 187. The van der Waals surface area contributed by atoms with Crippen LogP contribution in [0.3, 0.4) is 0 Å². The molecule has 0 bridgehead atoms. The van der Waals surface area contributed by atoms with Gasteiger partial charge >= 0.3 is 0 Å². The third-order valence-electron chi connectivity index (χ3n) is 2.05. The average molecular weight is 246 g/mol. The van der Waals surface area contributed by atoms with Crippen molar-refractivity contribution in [3.63, 3.8) is 0 Å². The van der Waals surface area contributed by atoms with E-state index in [9.17, 15) is 4.79 Å². The first kappa shape index (κ1) is 16.4. The highest BCUT2D eigenvalue weighted by Gasteiger charge is 2.01. The second kappa shape index (κ2) is 11.8. The number of carbonyl (C=O) groups excluding carboxylic acids is 1. The number of carbonyl (C=O) groups is 1. The van der Waals surface area contributed by atoms with Crippen molar-refractivity contribution in [1.29, 1.82) is 0 Å². The van der Waals surface area contributed by atoms with Gasteiger partial charge in [-0.05, 0) is 26.8 Å². The molecule has 0 aromatic rings. The van der Waals surface area contributed by atoms with E-state index in [2.05, 4.69) is 10.6 Å². The molecule has 0 aliphatic heterocycles. The van der Waals surface area contributed by atoms with Crippen LogP contribution in [0.1, 0.15) is 26.7 Å². The normalized spacial score (nSPS) is 10.8. The van der Waals surface area contributed by atoms with Gasteiger partial charge in [0.25, 0.3) is 0 Å². The third kappa shape index (κ3) is 13.3. The molecule has 17 heavy (non-hydrogen) atoms. The van der Waals surface area contributed by atoms with Gasteiger partial charge in [-0.25, -0.2) is 0 Å². The lowest BCUT2D eigenvalue weighted by Gasteiger charge is -2.09. The molecule has 2 N–H and O–H groups in total. The molecule has 0 aliphatic rings. The zero-order valence-electron chi connectivity index (χ0n) is 11.3. The van der Waals surface area contributed by atoms with E-state index in [1.807, 2.05) is 13.8 Å². The maximum atomic E-state index is 11.3. The molecule has 0 radical (unpaired) electrons. The zero-order valence-corrected chi connectivity index (χ0v) is 11.3. The van der Waals surface area contributed by atoms with Crippen LogP contribution in [0.2, 0.25) is 0 Å². The van der Waals surface area contributed by atoms with Gasteiger partial charge in [0.2, 0.25) is 5.91 Å². The van der Waals surface area contributed by atoms with Crippen molar-refractivity contribution in [3.05, 3.63) is 0 Å². The summed E-state index contributed by atoms with van der Waals surface area (Å²) in [6.45, 7) is 7.54. The Morgan fingerprint density at radius 3 is 2.59 bits per heavy atom. The highest BCUT2D eigenvalue weighted by molar-refractivity contribution is 5.76. The summed E-state index contributed by atoms with van der Waals surface area (Å²) in [6, 6.07) is 0.219. The molecule has 102 valence electrons. The summed E-state index contributed by atoms with van der Waals surface area (Å²) < 4.78 is 10.2. The van der Waals surface area contributed by atoms with Gasteiger partial charge in [-0.2, -0.15) is 0 Å². The molecular formula is C12H26N2O3. The molecule has 0 heterocycles. The minimum absolute atomic E-state index is 0.101. The van der Waals surface area contributed by atoms with Crippen molar-refractivity contribution in [2.75, 3.05) is 40.0 Å². The summed E-state index contributed by atoms with van der Waals surface area (Å²) in [6.07, 6.45) is 1.48. The molecule has 5 heteroatoms. The third-order valence-corrected chi connectivity index (χ3v) is 2.05. The lowest BCUT2D eigenvalue weighted by Crippen LogP contribution is -2.32. The van der Waals surface area contributed by atoms with Gasteiger partial charge in [-0.15, -0.1) is 0 Å². The number of ether oxygens (including phenoxy) is 2. The molecule has 0 aliphatic carbocycles. The fourth-order valence-electron chi connectivity index (χ4n) is 1.26. The fourth-order valence-corrected chi connectivity index (χ4v) is 1.26. The number of amides is 1. The van der Waals surface area contributed by atoms with Crippen molar-refractivity contribution in [1.82, 2.24) is 10.6 Å². The van der Waals surface area contributed by atoms with Crippen LogP contribution in [-0.2, 0) is 14.3 Å². The molecule has 0 unspecified atom stereocenters. The molecule has 0 fully saturated rings. The second-order valence-corrected chi connectivity index (χ2v) is 4.18. The van der Waals surface area contributed by atoms with Crippen LogP contribution in [0.4, 0.5) is 0 Å². The summed E-state index contributed by atoms with van der Waals surface area (Å²) >= 11 is 0. The van der Waals surface area contributed by atoms with Crippen LogP contribution < -0.4 is 10.6 Å². The standard InChI is InChI=1S/C12H26N2O3/c1-11(2)14-12(15)5-7-13-6-4-8-17-10-9-16-3/h11,13H,4-10H2,1-3H3,(H,14,15). The van der Waals surface area contributed by atoms with E-state index in [1.165, 1.54) is 0 Å². The zero-order chi connectivity index (χ0) is 12.9. The number of hydrogen-bond donors (Lipinski definition) is 2. The Morgan fingerprint density at radius 2 is 1.94 bits per heavy atom. The van der Waals surface area contributed by atoms with Crippen molar-refractivity contribution < 1.29 is 14.3 Å². The molecular weight excluding hydrogens is 220 g/mol. The van der Waals surface area contributed by atoms with Crippen LogP contribution in [0, 0.1) is 0 Å². The van der Waals surface area contributed by atoms with Gasteiger partial charge in [0.1, 0.15) is 0 Å². The second-order valence-electron chi connectivity index (χ2n) is 4.18. The van der Waals surface area contributed by atoms with Gasteiger partial charge in [0, 0.05) is 32.7 Å². The SMILES string of the molecule is COCCOCCCNCCC(=O)NC(C)C. The number of rotatable bonds is 11. The van der Waals surface area contributed by atoms with E-state index in [0.29, 0.717) is 19.6 Å². The summed E-state index contributed by atoms with van der Waals surface area (Å²) in [5.74, 6) is 0.101. The molecule has 0 aromatic carbocycles. The first-order chi connectivity index (χ1) is 8.16. The molecule has 0 rings (SSSR count). The number of methoxy groups -OCH3 is 1. The van der Waals surface area contributed by atoms with Crippen LogP contribution in [-0.4, -0.2) is 52.0 Å². The highest BCUT2D eigenvalue weighted by atomic mass is 16.5. The lowest BCUT2D eigenvalue weighted by molar-refractivity contribution is -0.121. The van der Waals surface area contributed by atoms with Gasteiger partial charge in [-0.3, -0.25) is 4.79 Å². The minimum Gasteiger partial charge on any atom is -0.382 e. The quantitative estimate of drug-likeness (QED) is 0.523. The molecule has 0 spiro atoms. The van der Waals surface area contributed by atoms with Gasteiger partial charge in [-0.1, -0.05) is 0 Å². The largest absolute Gasteiger partial charge is 0.382 e. The lowest BCUT2D eigenvalue weighted by atomic mass is 10.3. The Hall–Kier alpha value is -0.650. The smallest absolute Gasteiger partial charge is 0.221 e. The first-order valence-electron chi connectivity index (χ1n) is 6.23. The Morgan fingerprint density at radius 1 is 1.18 bits per heavy atom. The highest BCUT2D eigenvalue weighted by Crippen LogP contribution is 1.84. The summed E-state index contributed by atoms with van der Waals surface area (Å²) in [5, 5.41) is 6.06. The number of nitrogens with one attached hydrogen (secondary N) is 2. The van der Waals surface area contributed by atoms with E-state index in [0.717, 1.165) is 26.1 Å². The van der Waals surface area contributed by atoms with Gasteiger partial charge in [0.15, 0.2) is 0 Å². The van der Waals surface area contributed by atoms with E-state index in [1.54, 1.807) is 7.11 Å². The van der Waals surface area contributed by atoms with Gasteiger partial charge in [0.05, 0.1) is 13.2 Å². The predicted octanol–water partition coefficient (Wildman–Crippen LogP) is 0.544. The van der Waals surface area contributed by atoms with E-state index in [4.69, 9.17) is 9.47 Å². The maximum absolute atomic E-state index is 11.3. The predicted molar refractivity (Wildman–Crippen MR) is 68.1 cm³/mol. The fraction of sp³-hybridized carbons (Fsp3) is 0.917. The Kier molecular flexibility index (Phi) is 11.4. The van der Waals surface area contributed by atoms with Crippen molar-refractivity contribution in [3.8, 4) is 0 Å². The van der Waals surface area contributed by atoms with E-state index < -0.39 is 0 Å². The number of hydrogen-bond acceptors (Lipinski definition) is 4. The molecule has 5 nitrogen and oxygen atoms in total. The minimum atomic E-state index is 0.101. The van der Waals surface area contributed by atoms with Crippen LogP contribution >= 0.6 is 0 Å². The van der Waals surface area contributed by atoms with Crippen molar-refractivity contribution >= 4 is 5.91 Å². The van der Waals surface area contributed by atoms with Crippen LogP contribution in [0.15, 0.2) is 0 Å². The van der Waals surface area contributed by atoms with E-state index in [-0.39, 0.29) is 11.9 Å². The molecule has 1 amide bonds. The maximum Gasteiger partial charge on any atom is 0.221 e. The molecule has 0 aromatic heterocycles. The molecule has 0 saturated heterocycles. The first-order valence-corrected chi connectivity index (χ1v) is 6.23. The molecule has 0 atom stereocenters. The van der Waals surface area contributed by atoms with Crippen molar-refractivity contribution in [2.45, 2.75) is 32.7 Å². The van der Waals surface area contributed by atoms with Crippen LogP contribution in [0.25, 0.3) is 0 Å². The van der Waals surface area contributed by atoms with Crippen molar-refractivity contribution in [2.24, 2.45) is 0 Å². The van der Waals surface area contributed by atoms with Crippen LogP contribution in [0.5, 0.6) is 0 Å². The monoisotopic (exact) mass is 246 g/mol. The Labute approximate surface area is 104 Å². The average Bonchev–Trinajstić information content (AvgIpc) is 2.26. The topological polar surface area (TPSA) is 59.6 Å².